The van der Waals surface area contributed by atoms with Crippen LogP contribution in [0, 0.1) is 5.82 Å². The Kier molecular flexibility index (Phi) is 7.07. The number of rotatable bonds is 4. The number of hydrogen-bond donors (Lipinski definition) is 0. The van der Waals surface area contributed by atoms with Crippen molar-refractivity contribution in [2.45, 2.75) is 24.7 Å². The number of benzene rings is 5. The number of nitrogens with zero attached hydrogens (tertiary/aromatic N) is 1. The molecular weight excluding hydrogens is 607 g/mol. The van der Waals surface area contributed by atoms with Crippen molar-refractivity contribution in [2.75, 3.05) is 0 Å². The van der Waals surface area contributed by atoms with Gasteiger partial charge in [-0.05, 0) is 93.6 Å². The molecule has 1 atom stereocenters. The van der Waals surface area contributed by atoms with Gasteiger partial charge in [-0.25, -0.2) is 9.37 Å². The van der Waals surface area contributed by atoms with Crippen LogP contribution in [0.3, 0.4) is 0 Å². The molecule has 0 spiro atoms. The van der Waals surface area contributed by atoms with Crippen LogP contribution < -0.4 is 0 Å². The molecule has 9 heteroatoms. The lowest BCUT2D eigenvalue weighted by Gasteiger charge is -2.19. The Labute approximate surface area is 258 Å². The zero-order valence-corrected chi connectivity index (χ0v) is 23.8. The average Bonchev–Trinajstić information content (AvgIpc) is 3.47. The van der Waals surface area contributed by atoms with Crippen molar-refractivity contribution in [1.82, 2.24) is 4.98 Å². The SMILES string of the molecule is Fc1ccc2nc(-c3ccc(-c4ccc5cc(C6C=CC(c7cc(C(F)(F)F)cc(C(F)(F)F)c7)=CC6)ccc5c4)cc3)oc2c1. The fourth-order valence-electron chi connectivity index (χ4n) is 5.70. The summed E-state index contributed by atoms with van der Waals surface area (Å²) in [4.78, 5) is 4.43. The first-order valence-corrected chi connectivity index (χ1v) is 14.3. The van der Waals surface area contributed by atoms with Gasteiger partial charge < -0.3 is 4.42 Å². The second-order valence-electron chi connectivity index (χ2n) is 11.2. The summed E-state index contributed by atoms with van der Waals surface area (Å²) in [6, 6.07) is 25.6. The van der Waals surface area contributed by atoms with Crippen LogP contribution in [0.1, 0.15) is 34.6 Å². The molecule has 1 aliphatic carbocycles. The molecule has 0 saturated heterocycles. The van der Waals surface area contributed by atoms with Crippen LogP contribution in [0.25, 0.3) is 50.0 Å². The highest BCUT2D eigenvalue weighted by atomic mass is 19.4. The molecule has 0 saturated carbocycles. The minimum Gasteiger partial charge on any atom is -0.436 e. The monoisotopic (exact) mass is 629 g/mol. The molecule has 1 aliphatic rings. The number of oxazole rings is 1. The standard InChI is InChI=1S/C37H22F7NO/c38-32-13-14-33-34(20-32)46-35(45-33)24-7-5-22(6-8-24)26-10-12-27-15-25(9-11-28(27)16-26)21-1-3-23(4-2-21)29-17-30(36(39,40)41)19-31(18-29)37(42,43)44/h1,3-21H,2H2. The Bertz CT molecular complexity index is 2140. The van der Waals surface area contributed by atoms with Crippen LogP contribution in [-0.2, 0) is 12.4 Å². The average molecular weight is 630 g/mol. The minimum atomic E-state index is -4.90. The van der Waals surface area contributed by atoms with Crippen LogP contribution in [-0.4, -0.2) is 4.98 Å². The van der Waals surface area contributed by atoms with Gasteiger partial charge in [0.25, 0.3) is 0 Å². The maximum atomic E-state index is 13.5. The lowest BCUT2D eigenvalue weighted by molar-refractivity contribution is -0.143. The fourth-order valence-corrected chi connectivity index (χ4v) is 5.70. The molecule has 0 N–H and O–H groups in total. The van der Waals surface area contributed by atoms with Crippen molar-refractivity contribution in [2.24, 2.45) is 0 Å². The normalized spacial score (nSPS) is 15.5. The largest absolute Gasteiger partial charge is 0.436 e. The first-order valence-electron chi connectivity index (χ1n) is 14.3. The van der Waals surface area contributed by atoms with Crippen molar-refractivity contribution in [3.63, 3.8) is 0 Å². The Morgan fingerprint density at radius 2 is 1.28 bits per heavy atom. The van der Waals surface area contributed by atoms with Crippen molar-refractivity contribution >= 4 is 27.4 Å². The molecule has 7 rings (SSSR count). The van der Waals surface area contributed by atoms with Gasteiger partial charge in [0.15, 0.2) is 5.58 Å². The summed E-state index contributed by atoms with van der Waals surface area (Å²) in [5.74, 6) is -0.0791. The van der Waals surface area contributed by atoms with E-state index in [-0.39, 0.29) is 17.5 Å². The molecule has 5 aromatic carbocycles. The molecule has 230 valence electrons. The third kappa shape index (κ3) is 5.80. The Morgan fingerprint density at radius 1 is 0.630 bits per heavy atom. The van der Waals surface area contributed by atoms with E-state index in [4.69, 9.17) is 4.42 Å². The number of alkyl halides is 6. The molecule has 1 aromatic heterocycles. The molecule has 6 aromatic rings. The minimum absolute atomic E-state index is 0.0865. The number of allylic oxidation sites excluding steroid dienone is 4. The van der Waals surface area contributed by atoms with Crippen LogP contribution in [0.4, 0.5) is 30.7 Å². The second kappa shape index (κ2) is 11.0. The Balaban J connectivity index is 1.09. The van der Waals surface area contributed by atoms with E-state index in [1.54, 1.807) is 18.2 Å². The number of halogens is 7. The van der Waals surface area contributed by atoms with Gasteiger partial charge in [0.05, 0.1) is 11.1 Å². The first-order chi connectivity index (χ1) is 21.9. The quantitative estimate of drug-likeness (QED) is 0.181. The summed E-state index contributed by atoms with van der Waals surface area (Å²) < 4.78 is 99.3. The fraction of sp³-hybridized carbons (Fsp3) is 0.108. The Morgan fingerprint density at radius 3 is 1.96 bits per heavy atom. The molecule has 0 bridgehead atoms. The third-order valence-electron chi connectivity index (χ3n) is 8.13. The second-order valence-corrected chi connectivity index (χ2v) is 11.2. The highest BCUT2D eigenvalue weighted by molar-refractivity contribution is 5.88. The predicted octanol–water partition coefficient (Wildman–Crippen LogP) is 11.6. The summed E-state index contributed by atoms with van der Waals surface area (Å²) in [5.41, 5.74) is 2.19. The van der Waals surface area contributed by atoms with E-state index in [1.807, 2.05) is 60.7 Å². The number of aromatic nitrogens is 1. The predicted molar refractivity (Wildman–Crippen MR) is 163 cm³/mol. The summed E-state index contributed by atoms with van der Waals surface area (Å²) in [6.45, 7) is 0. The van der Waals surface area contributed by atoms with Gasteiger partial charge in [0, 0.05) is 17.5 Å². The third-order valence-corrected chi connectivity index (χ3v) is 8.13. The Hall–Kier alpha value is -5.18. The van der Waals surface area contributed by atoms with Gasteiger partial charge in [-0.15, -0.1) is 0 Å². The van der Waals surface area contributed by atoms with Crippen LogP contribution >= 0.6 is 0 Å². The summed E-state index contributed by atoms with van der Waals surface area (Å²) in [6.07, 6.45) is -4.30. The molecular formula is C37H22F7NO. The van der Waals surface area contributed by atoms with Crippen LogP contribution in [0.15, 0.2) is 120 Å². The van der Waals surface area contributed by atoms with Gasteiger partial charge in [-0.3, -0.25) is 0 Å². The van der Waals surface area contributed by atoms with Gasteiger partial charge in [0.1, 0.15) is 11.3 Å². The van der Waals surface area contributed by atoms with E-state index in [0.29, 0.717) is 29.0 Å². The van der Waals surface area contributed by atoms with E-state index in [2.05, 4.69) is 11.1 Å². The maximum absolute atomic E-state index is 13.5. The maximum Gasteiger partial charge on any atom is 0.416 e. The summed E-state index contributed by atoms with van der Waals surface area (Å²) in [5, 5.41) is 2.00. The van der Waals surface area contributed by atoms with Crippen LogP contribution in [0.5, 0.6) is 0 Å². The highest BCUT2D eigenvalue weighted by Crippen LogP contribution is 2.40. The smallest absolute Gasteiger partial charge is 0.416 e. The van der Waals surface area contributed by atoms with E-state index in [1.165, 1.54) is 12.1 Å². The lowest BCUT2D eigenvalue weighted by atomic mass is 9.86. The highest BCUT2D eigenvalue weighted by Gasteiger charge is 2.37. The molecule has 1 unspecified atom stereocenters. The molecule has 0 radical (unpaired) electrons. The van der Waals surface area contributed by atoms with Crippen molar-refractivity contribution < 1.29 is 35.2 Å². The van der Waals surface area contributed by atoms with Crippen LogP contribution in [0.2, 0.25) is 0 Å². The van der Waals surface area contributed by atoms with E-state index in [9.17, 15) is 30.7 Å². The van der Waals surface area contributed by atoms with E-state index >= 15 is 0 Å². The van der Waals surface area contributed by atoms with Crippen molar-refractivity contribution in [3.05, 3.63) is 143 Å². The first kappa shape index (κ1) is 29.5. The zero-order valence-electron chi connectivity index (χ0n) is 23.8. The van der Waals surface area contributed by atoms with Crippen molar-refractivity contribution in [1.29, 1.82) is 0 Å². The van der Waals surface area contributed by atoms with E-state index < -0.39 is 29.3 Å². The topological polar surface area (TPSA) is 26.0 Å². The molecule has 1 heterocycles. The van der Waals surface area contributed by atoms with Gasteiger partial charge >= 0.3 is 12.4 Å². The zero-order chi connectivity index (χ0) is 32.2. The summed E-state index contributed by atoms with van der Waals surface area (Å²) in [7, 11) is 0. The lowest BCUT2D eigenvalue weighted by Crippen LogP contribution is -2.11. The summed E-state index contributed by atoms with van der Waals surface area (Å²) >= 11 is 0. The number of fused-ring (bicyclic) bond motifs is 2. The number of hydrogen-bond acceptors (Lipinski definition) is 2. The van der Waals surface area contributed by atoms with Gasteiger partial charge in [0.2, 0.25) is 5.89 Å². The molecule has 0 amide bonds. The van der Waals surface area contributed by atoms with Gasteiger partial charge in [-0.2, -0.15) is 26.3 Å². The van der Waals surface area contributed by atoms with E-state index in [0.717, 1.165) is 45.2 Å². The molecule has 0 fully saturated rings. The van der Waals surface area contributed by atoms with Gasteiger partial charge in [-0.1, -0.05) is 60.7 Å². The molecule has 2 nitrogen and oxygen atoms in total. The molecule has 46 heavy (non-hydrogen) atoms. The van der Waals surface area contributed by atoms with Crippen molar-refractivity contribution in [3.8, 4) is 22.6 Å². The molecule has 0 aliphatic heterocycles.